The lowest BCUT2D eigenvalue weighted by molar-refractivity contribution is -0.137. The van der Waals surface area contributed by atoms with E-state index >= 15 is 0 Å². The van der Waals surface area contributed by atoms with E-state index in [1.54, 1.807) is 25.7 Å². The summed E-state index contributed by atoms with van der Waals surface area (Å²) >= 11 is 5.85. The lowest BCUT2D eigenvalue weighted by Gasteiger charge is -2.36. The Bertz CT molecular complexity index is 647. The maximum atomic E-state index is 12.7. The molecular weight excluding hydrogens is 373 g/mol. The van der Waals surface area contributed by atoms with Gasteiger partial charge in [0.15, 0.2) is 0 Å². The van der Waals surface area contributed by atoms with Crippen molar-refractivity contribution < 1.29 is 27.4 Å². The topological polar surface area (TPSA) is 51.7 Å². The summed E-state index contributed by atoms with van der Waals surface area (Å²) in [6.45, 7) is 5.97. The molecule has 0 spiro atoms. The molecule has 0 bridgehead atoms. The summed E-state index contributed by atoms with van der Waals surface area (Å²) in [6, 6.07) is 0.523. The summed E-state index contributed by atoms with van der Waals surface area (Å²) in [5, 5.41) is -0.223. The number of hydrogen-bond donors (Lipinski definition) is 0. The lowest BCUT2D eigenvalue weighted by Crippen LogP contribution is -2.48. The Labute approximate surface area is 155 Å². The number of carbonyl (C=O) groups is 1. The number of rotatable bonds is 3. The van der Waals surface area contributed by atoms with Crippen molar-refractivity contribution in [2.45, 2.75) is 57.9 Å². The number of alkyl halides is 3. The average molecular weight is 395 g/mol. The van der Waals surface area contributed by atoms with Crippen molar-refractivity contribution in [1.29, 1.82) is 0 Å². The molecule has 0 unspecified atom stereocenters. The number of nitrogens with zero attached hydrogens (tertiary/aromatic N) is 2. The second-order valence-corrected chi connectivity index (χ2v) is 7.55. The maximum Gasteiger partial charge on any atom is 0.417 e. The summed E-state index contributed by atoms with van der Waals surface area (Å²) in [7, 11) is 0. The third kappa shape index (κ3) is 5.65. The van der Waals surface area contributed by atoms with Gasteiger partial charge in [0.05, 0.1) is 11.6 Å². The van der Waals surface area contributed by atoms with Gasteiger partial charge in [0, 0.05) is 12.7 Å². The van der Waals surface area contributed by atoms with E-state index in [1.807, 2.05) is 0 Å². The van der Waals surface area contributed by atoms with Crippen LogP contribution in [-0.4, -0.2) is 40.8 Å². The minimum Gasteiger partial charge on any atom is -0.474 e. The summed E-state index contributed by atoms with van der Waals surface area (Å²) in [5.74, 6) is -0.0885. The highest BCUT2D eigenvalue weighted by atomic mass is 35.5. The molecule has 0 N–H and O–H groups in total. The van der Waals surface area contributed by atoms with Gasteiger partial charge in [-0.15, -0.1) is 0 Å². The zero-order valence-corrected chi connectivity index (χ0v) is 15.7. The van der Waals surface area contributed by atoms with Crippen molar-refractivity contribution in [3.05, 3.63) is 22.8 Å². The fourth-order valence-electron chi connectivity index (χ4n) is 2.60. The number of ether oxygens (including phenoxy) is 2. The lowest BCUT2D eigenvalue weighted by atomic mass is 10.0. The first kappa shape index (κ1) is 20.6. The molecule has 5 nitrogen and oxygen atoms in total. The van der Waals surface area contributed by atoms with Gasteiger partial charge < -0.3 is 14.4 Å². The fourth-order valence-corrected chi connectivity index (χ4v) is 2.82. The Hall–Kier alpha value is -1.70. The van der Waals surface area contributed by atoms with Crippen LogP contribution in [0.4, 0.5) is 18.0 Å². The highest BCUT2D eigenvalue weighted by Gasteiger charge is 2.33. The number of aromatic nitrogens is 1. The molecule has 0 aliphatic carbocycles. The van der Waals surface area contributed by atoms with Gasteiger partial charge in [-0.2, -0.15) is 13.2 Å². The third-order valence-electron chi connectivity index (χ3n) is 3.80. The second-order valence-electron chi connectivity index (χ2n) is 7.14. The number of hydrogen-bond acceptors (Lipinski definition) is 4. The molecule has 0 radical (unpaired) electrons. The molecule has 1 saturated heterocycles. The summed E-state index contributed by atoms with van der Waals surface area (Å²) < 4.78 is 48.9. The second kappa shape index (κ2) is 7.90. The van der Waals surface area contributed by atoms with Gasteiger partial charge in [-0.25, -0.2) is 9.78 Å². The van der Waals surface area contributed by atoms with Crippen LogP contribution in [0.5, 0.6) is 5.88 Å². The van der Waals surface area contributed by atoms with Gasteiger partial charge in [0.2, 0.25) is 5.88 Å². The predicted octanol–water partition coefficient (Wildman–Crippen LogP) is 4.92. The molecule has 0 aromatic carbocycles. The van der Waals surface area contributed by atoms with E-state index < -0.39 is 23.4 Å². The predicted molar refractivity (Wildman–Crippen MR) is 90.3 cm³/mol. The Morgan fingerprint density at radius 1 is 1.35 bits per heavy atom. The van der Waals surface area contributed by atoms with E-state index in [0.717, 1.165) is 18.9 Å². The quantitative estimate of drug-likeness (QED) is 0.730. The van der Waals surface area contributed by atoms with Crippen LogP contribution in [0.1, 0.15) is 45.6 Å². The molecule has 146 valence electrons. The van der Waals surface area contributed by atoms with Crippen molar-refractivity contribution >= 4 is 17.7 Å². The molecule has 1 aliphatic rings. The highest BCUT2D eigenvalue weighted by molar-refractivity contribution is 6.31. The van der Waals surface area contributed by atoms with E-state index in [0.29, 0.717) is 19.2 Å². The molecule has 1 amide bonds. The molecule has 0 saturated carbocycles. The molecular formula is C17H22ClF3N2O3. The van der Waals surface area contributed by atoms with Gasteiger partial charge >= 0.3 is 12.3 Å². The smallest absolute Gasteiger partial charge is 0.417 e. The zero-order valence-electron chi connectivity index (χ0n) is 14.9. The minimum atomic E-state index is -4.52. The Morgan fingerprint density at radius 2 is 2.04 bits per heavy atom. The van der Waals surface area contributed by atoms with E-state index in [9.17, 15) is 18.0 Å². The highest BCUT2D eigenvalue weighted by Crippen LogP contribution is 2.33. The molecule has 1 aliphatic heterocycles. The van der Waals surface area contributed by atoms with Crippen LogP contribution >= 0.6 is 11.6 Å². The molecule has 2 rings (SSSR count). The van der Waals surface area contributed by atoms with E-state index in [1.165, 1.54) is 0 Å². The van der Waals surface area contributed by atoms with Crippen molar-refractivity contribution in [2.75, 3.05) is 13.2 Å². The Balaban J connectivity index is 2.03. The summed E-state index contributed by atoms with van der Waals surface area (Å²) in [5.41, 5.74) is -1.55. The third-order valence-corrected chi connectivity index (χ3v) is 4.07. The first-order valence-corrected chi connectivity index (χ1v) is 8.70. The van der Waals surface area contributed by atoms with Crippen LogP contribution < -0.4 is 4.74 Å². The van der Waals surface area contributed by atoms with Gasteiger partial charge in [-0.1, -0.05) is 11.6 Å². The first-order chi connectivity index (χ1) is 12.0. The van der Waals surface area contributed by atoms with E-state index in [2.05, 4.69) is 4.98 Å². The molecule has 26 heavy (non-hydrogen) atoms. The first-order valence-electron chi connectivity index (χ1n) is 8.32. The SMILES string of the molecule is CC(C)(C)OC(=O)N1CCCC[C@@H]1COc1ncc(C(F)(F)F)cc1Cl. The number of halogens is 4. The van der Waals surface area contributed by atoms with Crippen LogP contribution in [0.2, 0.25) is 5.02 Å². The Morgan fingerprint density at radius 3 is 2.62 bits per heavy atom. The van der Waals surface area contributed by atoms with Gasteiger partial charge in [-0.3, -0.25) is 0 Å². The van der Waals surface area contributed by atoms with Crippen LogP contribution in [0.25, 0.3) is 0 Å². The average Bonchev–Trinajstić information content (AvgIpc) is 2.51. The van der Waals surface area contributed by atoms with Gasteiger partial charge in [0.1, 0.15) is 17.2 Å². The number of amides is 1. The molecule has 1 aromatic heterocycles. The van der Waals surface area contributed by atoms with Crippen LogP contribution in [0.3, 0.4) is 0 Å². The van der Waals surface area contributed by atoms with Crippen molar-refractivity contribution in [2.24, 2.45) is 0 Å². The van der Waals surface area contributed by atoms with Crippen LogP contribution in [-0.2, 0) is 10.9 Å². The van der Waals surface area contributed by atoms with E-state index in [4.69, 9.17) is 21.1 Å². The van der Waals surface area contributed by atoms with Crippen molar-refractivity contribution in [3.63, 3.8) is 0 Å². The number of likely N-dealkylation sites (tertiary alicyclic amines) is 1. The largest absolute Gasteiger partial charge is 0.474 e. The Kier molecular flexibility index (Phi) is 6.26. The van der Waals surface area contributed by atoms with Crippen molar-refractivity contribution in [3.8, 4) is 5.88 Å². The van der Waals surface area contributed by atoms with Gasteiger partial charge in [0.25, 0.3) is 0 Å². The fraction of sp³-hybridized carbons (Fsp3) is 0.647. The van der Waals surface area contributed by atoms with E-state index in [-0.39, 0.29) is 23.6 Å². The van der Waals surface area contributed by atoms with Crippen molar-refractivity contribution in [1.82, 2.24) is 9.88 Å². The molecule has 1 atom stereocenters. The maximum absolute atomic E-state index is 12.7. The number of pyridine rings is 1. The van der Waals surface area contributed by atoms with Crippen LogP contribution in [0, 0.1) is 0 Å². The summed E-state index contributed by atoms with van der Waals surface area (Å²) in [4.78, 5) is 17.6. The molecule has 2 heterocycles. The van der Waals surface area contributed by atoms with Crippen LogP contribution in [0.15, 0.2) is 12.3 Å². The zero-order chi connectivity index (χ0) is 19.5. The number of carbonyl (C=O) groups excluding carboxylic acids is 1. The molecule has 1 fully saturated rings. The van der Waals surface area contributed by atoms with Gasteiger partial charge in [-0.05, 0) is 46.1 Å². The number of piperidine rings is 1. The molecule has 9 heteroatoms. The normalized spacial score (nSPS) is 18.6. The molecule has 1 aromatic rings. The monoisotopic (exact) mass is 394 g/mol. The minimum absolute atomic E-state index is 0.0807. The standard InChI is InChI=1S/C17H22ClF3N2O3/c1-16(2,3)26-15(24)23-7-5-4-6-12(23)10-25-14-13(18)8-11(9-22-14)17(19,20)21/h8-9,12H,4-7,10H2,1-3H3/t12-/m1/s1. The summed E-state index contributed by atoms with van der Waals surface area (Å²) in [6.07, 6.45) is -1.80.